The molecule has 2 heterocycles. The Labute approximate surface area is 114 Å². The fraction of sp³-hybridized carbons (Fsp3) is 0.571. The number of aryl methyl sites for hydroxylation is 1. The first-order valence-electron chi connectivity index (χ1n) is 6.92. The van der Waals surface area contributed by atoms with E-state index in [-0.39, 0.29) is 5.91 Å². The molecule has 1 fully saturated rings. The number of carbonyl (C=O) groups is 1. The van der Waals surface area contributed by atoms with E-state index in [9.17, 15) is 4.79 Å². The molecule has 1 unspecified atom stereocenters. The number of aromatic nitrogens is 1. The number of rotatable bonds is 3. The molecule has 19 heavy (non-hydrogen) atoms. The molecule has 1 aliphatic rings. The van der Waals surface area contributed by atoms with E-state index in [0.29, 0.717) is 17.4 Å². The van der Waals surface area contributed by atoms with E-state index in [0.717, 1.165) is 31.5 Å². The lowest BCUT2D eigenvalue weighted by molar-refractivity contribution is 0.0608. The van der Waals surface area contributed by atoms with E-state index >= 15 is 0 Å². The van der Waals surface area contributed by atoms with Crippen LogP contribution in [0.25, 0.3) is 0 Å². The molecular formula is C14H22N4O. The average molecular weight is 262 g/mol. The van der Waals surface area contributed by atoms with Gasteiger partial charge in [0.1, 0.15) is 5.82 Å². The van der Waals surface area contributed by atoms with Crippen LogP contribution in [0.5, 0.6) is 0 Å². The molecule has 5 heteroatoms. The second kappa shape index (κ2) is 6.02. The number of amides is 1. The fourth-order valence-corrected chi connectivity index (χ4v) is 2.72. The predicted octanol–water partition coefficient (Wildman–Crippen LogP) is 2.08. The smallest absolute Gasteiger partial charge is 0.254 e. The van der Waals surface area contributed by atoms with Gasteiger partial charge in [-0.15, -0.1) is 0 Å². The maximum absolute atomic E-state index is 12.6. The van der Waals surface area contributed by atoms with Crippen LogP contribution in [0.3, 0.4) is 0 Å². The van der Waals surface area contributed by atoms with Gasteiger partial charge in [-0.3, -0.25) is 4.79 Å². The van der Waals surface area contributed by atoms with Crippen LogP contribution < -0.4 is 11.3 Å². The number of hydrogen-bond acceptors (Lipinski definition) is 4. The van der Waals surface area contributed by atoms with Gasteiger partial charge < -0.3 is 10.3 Å². The highest BCUT2D eigenvalue weighted by atomic mass is 16.2. The summed E-state index contributed by atoms with van der Waals surface area (Å²) in [5.74, 6) is 6.01. The molecule has 3 N–H and O–H groups in total. The summed E-state index contributed by atoms with van der Waals surface area (Å²) in [6.07, 6.45) is 4.42. The molecule has 0 bridgehead atoms. The van der Waals surface area contributed by atoms with Crippen LogP contribution in [0.2, 0.25) is 0 Å². The van der Waals surface area contributed by atoms with Gasteiger partial charge in [0.2, 0.25) is 0 Å². The van der Waals surface area contributed by atoms with Gasteiger partial charge in [0.25, 0.3) is 5.91 Å². The van der Waals surface area contributed by atoms with Crippen LogP contribution in [0.15, 0.2) is 12.1 Å². The third-order valence-corrected chi connectivity index (χ3v) is 3.71. The maximum Gasteiger partial charge on any atom is 0.254 e. The molecule has 0 aliphatic carbocycles. The largest absolute Gasteiger partial charge is 0.336 e. The Morgan fingerprint density at radius 1 is 1.53 bits per heavy atom. The molecule has 1 atom stereocenters. The fourth-order valence-electron chi connectivity index (χ4n) is 2.72. The Kier molecular flexibility index (Phi) is 4.37. The molecule has 1 saturated heterocycles. The number of nitrogen functional groups attached to an aromatic ring is 1. The first-order chi connectivity index (χ1) is 9.15. The van der Waals surface area contributed by atoms with E-state index in [2.05, 4.69) is 17.3 Å². The van der Waals surface area contributed by atoms with E-state index in [1.54, 1.807) is 6.07 Å². The van der Waals surface area contributed by atoms with Crippen molar-refractivity contribution < 1.29 is 4.79 Å². The monoisotopic (exact) mass is 262 g/mol. The Balaban J connectivity index is 2.24. The lowest BCUT2D eigenvalue weighted by Gasteiger charge is -2.35. The third kappa shape index (κ3) is 3.04. The molecule has 0 saturated carbocycles. The van der Waals surface area contributed by atoms with Crippen LogP contribution in [0.4, 0.5) is 5.82 Å². The third-order valence-electron chi connectivity index (χ3n) is 3.71. The average Bonchev–Trinajstić information content (AvgIpc) is 2.45. The van der Waals surface area contributed by atoms with Gasteiger partial charge in [-0.25, -0.2) is 10.8 Å². The lowest BCUT2D eigenvalue weighted by Crippen LogP contribution is -2.43. The molecule has 0 radical (unpaired) electrons. The van der Waals surface area contributed by atoms with Crippen molar-refractivity contribution in [1.82, 2.24) is 9.88 Å². The normalized spacial score (nSPS) is 19.3. The van der Waals surface area contributed by atoms with Crippen LogP contribution in [0, 0.1) is 6.92 Å². The SMILES string of the molecule is CCC1CCCCN1C(=O)c1cc(C)nc(NN)c1. The topological polar surface area (TPSA) is 71.2 Å². The Hall–Kier alpha value is -1.62. The number of nitrogens with one attached hydrogen (secondary N) is 1. The highest BCUT2D eigenvalue weighted by Crippen LogP contribution is 2.22. The quantitative estimate of drug-likeness (QED) is 0.646. The zero-order valence-corrected chi connectivity index (χ0v) is 11.6. The predicted molar refractivity (Wildman–Crippen MR) is 75.8 cm³/mol. The minimum atomic E-state index is 0.0913. The Morgan fingerprint density at radius 3 is 3.00 bits per heavy atom. The van der Waals surface area contributed by atoms with Crippen molar-refractivity contribution in [1.29, 1.82) is 0 Å². The van der Waals surface area contributed by atoms with Gasteiger partial charge in [0.15, 0.2) is 0 Å². The Bertz CT molecular complexity index is 461. The maximum atomic E-state index is 12.6. The summed E-state index contributed by atoms with van der Waals surface area (Å²) in [6, 6.07) is 3.91. The van der Waals surface area contributed by atoms with E-state index in [1.165, 1.54) is 6.42 Å². The zero-order chi connectivity index (χ0) is 13.8. The van der Waals surface area contributed by atoms with Gasteiger partial charge in [-0.1, -0.05) is 6.92 Å². The highest BCUT2D eigenvalue weighted by molar-refractivity contribution is 5.95. The minimum Gasteiger partial charge on any atom is -0.336 e. The lowest BCUT2D eigenvalue weighted by atomic mass is 9.99. The summed E-state index contributed by atoms with van der Waals surface area (Å²) < 4.78 is 0. The number of pyridine rings is 1. The molecule has 2 rings (SSSR count). The second-order valence-electron chi connectivity index (χ2n) is 5.08. The number of likely N-dealkylation sites (tertiary alicyclic amines) is 1. The summed E-state index contributed by atoms with van der Waals surface area (Å²) in [7, 11) is 0. The highest BCUT2D eigenvalue weighted by Gasteiger charge is 2.26. The molecule has 5 nitrogen and oxygen atoms in total. The van der Waals surface area contributed by atoms with Gasteiger partial charge >= 0.3 is 0 Å². The molecule has 1 aromatic heterocycles. The van der Waals surface area contributed by atoms with Gasteiger partial charge in [-0.2, -0.15) is 0 Å². The number of hydrogen-bond donors (Lipinski definition) is 2. The van der Waals surface area contributed by atoms with E-state index < -0.39 is 0 Å². The number of nitrogens with zero attached hydrogens (tertiary/aromatic N) is 2. The van der Waals surface area contributed by atoms with Crippen molar-refractivity contribution in [3.63, 3.8) is 0 Å². The van der Waals surface area contributed by atoms with Crippen molar-refractivity contribution in [3.8, 4) is 0 Å². The van der Waals surface area contributed by atoms with Crippen molar-refractivity contribution in [2.24, 2.45) is 5.84 Å². The summed E-state index contributed by atoms with van der Waals surface area (Å²) >= 11 is 0. The number of carbonyl (C=O) groups excluding carboxylic acids is 1. The number of nitrogens with two attached hydrogens (primary N) is 1. The van der Waals surface area contributed by atoms with Crippen molar-refractivity contribution in [2.75, 3.05) is 12.0 Å². The number of anilines is 1. The first-order valence-corrected chi connectivity index (χ1v) is 6.92. The first kappa shape index (κ1) is 13.8. The van der Waals surface area contributed by atoms with Gasteiger partial charge in [0.05, 0.1) is 0 Å². The van der Waals surface area contributed by atoms with Crippen LogP contribution in [0.1, 0.15) is 48.7 Å². The zero-order valence-electron chi connectivity index (χ0n) is 11.6. The van der Waals surface area contributed by atoms with Crippen LogP contribution >= 0.6 is 0 Å². The van der Waals surface area contributed by atoms with Gasteiger partial charge in [0, 0.05) is 23.8 Å². The summed E-state index contributed by atoms with van der Waals surface area (Å²) in [6.45, 7) is 4.86. The minimum absolute atomic E-state index is 0.0913. The molecule has 0 aromatic carbocycles. The van der Waals surface area contributed by atoms with Crippen molar-refractivity contribution in [3.05, 3.63) is 23.4 Å². The Morgan fingerprint density at radius 2 is 2.32 bits per heavy atom. The molecule has 0 spiro atoms. The standard InChI is InChI=1S/C14H22N4O/c1-3-12-6-4-5-7-18(12)14(19)11-8-10(2)16-13(9-11)17-15/h8-9,12H,3-7,15H2,1-2H3,(H,16,17). The summed E-state index contributed by atoms with van der Waals surface area (Å²) in [4.78, 5) is 18.8. The van der Waals surface area contributed by atoms with Crippen LogP contribution in [-0.2, 0) is 0 Å². The summed E-state index contributed by atoms with van der Waals surface area (Å²) in [5.41, 5.74) is 3.97. The van der Waals surface area contributed by atoms with Crippen molar-refractivity contribution in [2.45, 2.75) is 45.6 Å². The van der Waals surface area contributed by atoms with Crippen LogP contribution in [-0.4, -0.2) is 28.4 Å². The molecule has 1 aliphatic heterocycles. The molecular weight excluding hydrogens is 240 g/mol. The second-order valence-corrected chi connectivity index (χ2v) is 5.08. The summed E-state index contributed by atoms with van der Waals surface area (Å²) in [5, 5.41) is 0. The van der Waals surface area contributed by atoms with Gasteiger partial charge in [-0.05, 0) is 44.7 Å². The molecule has 1 amide bonds. The number of hydrazine groups is 1. The van der Waals surface area contributed by atoms with E-state index in [1.807, 2.05) is 17.9 Å². The van der Waals surface area contributed by atoms with Crippen molar-refractivity contribution >= 4 is 11.7 Å². The molecule has 104 valence electrons. The number of piperidine rings is 1. The molecule has 1 aromatic rings. The van der Waals surface area contributed by atoms with E-state index in [4.69, 9.17) is 5.84 Å².